The molecule has 3 aromatic rings. The normalized spacial score (nSPS) is 15.3. The van der Waals surface area contributed by atoms with E-state index >= 15 is 0 Å². The van der Waals surface area contributed by atoms with Crippen LogP contribution in [0, 0.1) is 0 Å². The zero-order valence-electron chi connectivity index (χ0n) is 16.9. The molecule has 1 saturated heterocycles. The molecule has 0 spiro atoms. The Kier molecular flexibility index (Phi) is 5.77. The van der Waals surface area contributed by atoms with Crippen LogP contribution in [0.4, 0.5) is 5.69 Å². The molecule has 1 aromatic heterocycles. The lowest BCUT2D eigenvalue weighted by Crippen LogP contribution is -2.20. The van der Waals surface area contributed by atoms with Crippen LogP contribution < -0.4 is 5.32 Å². The highest BCUT2D eigenvalue weighted by Crippen LogP contribution is 2.21. The second kappa shape index (κ2) is 8.65. The van der Waals surface area contributed by atoms with Gasteiger partial charge in [-0.2, -0.15) is 8.42 Å². The predicted octanol–water partition coefficient (Wildman–Crippen LogP) is 3.21. The van der Waals surface area contributed by atoms with Gasteiger partial charge in [0.2, 0.25) is 0 Å². The monoisotopic (exact) mass is 435 g/mol. The highest BCUT2D eigenvalue weighted by molar-refractivity contribution is 7.90. The van der Waals surface area contributed by atoms with Crippen LogP contribution in [0.25, 0.3) is 11.4 Å². The fourth-order valence-corrected chi connectivity index (χ4v) is 4.36. The lowest BCUT2D eigenvalue weighted by atomic mass is 10.2. The van der Waals surface area contributed by atoms with E-state index < -0.39 is 15.9 Å². The largest absolute Gasteiger partial charge is 0.362 e. The Bertz CT molecular complexity index is 1230. The molecule has 0 atom stereocenters. The summed E-state index contributed by atoms with van der Waals surface area (Å²) in [5, 5.41) is 2.69. The van der Waals surface area contributed by atoms with Crippen molar-refractivity contribution in [2.75, 3.05) is 18.9 Å². The molecule has 2 aromatic carbocycles. The van der Waals surface area contributed by atoms with Gasteiger partial charge in [-0.3, -0.25) is 4.79 Å². The molecule has 0 bridgehead atoms. The van der Waals surface area contributed by atoms with Crippen molar-refractivity contribution >= 4 is 27.5 Å². The van der Waals surface area contributed by atoms with E-state index in [0.29, 0.717) is 23.8 Å². The zero-order chi connectivity index (χ0) is 21.8. The quantitative estimate of drug-likeness (QED) is 0.660. The maximum absolute atomic E-state index is 12.7. The summed E-state index contributed by atoms with van der Waals surface area (Å²) in [5.41, 5.74) is 1.46. The van der Waals surface area contributed by atoms with Crippen LogP contribution in [-0.4, -0.2) is 48.6 Å². The van der Waals surface area contributed by atoms with Gasteiger partial charge in [-0.25, -0.2) is 9.97 Å². The van der Waals surface area contributed by atoms with Gasteiger partial charge in [0.25, 0.3) is 15.9 Å². The van der Waals surface area contributed by atoms with Gasteiger partial charge in [0.15, 0.2) is 5.82 Å². The van der Waals surface area contributed by atoms with Gasteiger partial charge in [-0.15, -0.1) is 4.40 Å². The molecule has 0 aliphatic carbocycles. The number of rotatable bonds is 5. The van der Waals surface area contributed by atoms with Gasteiger partial charge in [0, 0.05) is 43.7 Å². The minimum atomic E-state index is -3.87. The van der Waals surface area contributed by atoms with Crippen LogP contribution in [0.15, 0.2) is 76.3 Å². The Balaban J connectivity index is 1.50. The molecule has 2 heterocycles. The first-order chi connectivity index (χ1) is 14.9. The van der Waals surface area contributed by atoms with E-state index in [1.165, 1.54) is 24.5 Å². The number of aromatic nitrogens is 2. The third-order valence-electron chi connectivity index (χ3n) is 4.90. The highest BCUT2D eigenvalue weighted by Gasteiger charge is 2.20. The third-order valence-corrected chi connectivity index (χ3v) is 6.20. The first-order valence-corrected chi connectivity index (χ1v) is 11.2. The van der Waals surface area contributed by atoms with Gasteiger partial charge in [-0.1, -0.05) is 36.4 Å². The fourth-order valence-electron chi connectivity index (χ4n) is 3.22. The number of sulfonamides is 1. The van der Waals surface area contributed by atoms with Crippen LogP contribution in [-0.2, 0) is 10.0 Å². The van der Waals surface area contributed by atoms with Crippen LogP contribution in [0.5, 0.6) is 0 Å². The van der Waals surface area contributed by atoms with E-state index in [0.717, 1.165) is 18.5 Å². The second-order valence-corrected chi connectivity index (χ2v) is 8.76. The van der Waals surface area contributed by atoms with Crippen molar-refractivity contribution in [3.8, 4) is 11.4 Å². The molecule has 31 heavy (non-hydrogen) atoms. The Morgan fingerprint density at radius 1 is 1.06 bits per heavy atom. The van der Waals surface area contributed by atoms with Gasteiger partial charge in [0.05, 0.1) is 10.5 Å². The highest BCUT2D eigenvalue weighted by atomic mass is 32.2. The van der Waals surface area contributed by atoms with E-state index in [9.17, 15) is 13.2 Å². The van der Waals surface area contributed by atoms with Crippen molar-refractivity contribution in [2.24, 2.45) is 4.40 Å². The Hall–Kier alpha value is -3.59. The molecule has 1 fully saturated rings. The smallest absolute Gasteiger partial charge is 0.284 e. The van der Waals surface area contributed by atoms with Crippen molar-refractivity contribution in [3.63, 3.8) is 0 Å². The topological polar surface area (TPSA) is 105 Å². The Labute approximate surface area is 180 Å². The maximum atomic E-state index is 12.7. The molecule has 0 radical (unpaired) electrons. The predicted molar refractivity (Wildman–Crippen MR) is 118 cm³/mol. The first-order valence-electron chi connectivity index (χ1n) is 9.76. The van der Waals surface area contributed by atoms with Gasteiger partial charge in [-0.05, 0) is 24.6 Å². The van der Waals surface area contributed by atoms with Gasteiger partial charge < -0.3 is 10.2 Å². The minimum Gasteiger partial charge on any atom is -0.362 e. The number of nitrogens with one attached hydrogen (secondary N) is 1. The minimum absolute atomic E-state index is 0.0220. The van der Waals surface area contributed by atoms with E-state index in [1.54, 1.807) is 12.1 Å². The summed E-state index contributed by atoms with van der Waals surface area (Å²) in [7, 11) is -2.04. The molecule has 9 heteroatoms. The second-order valence-electron chi connectivity index (χ2n) is 7.15. The molecule has 8 nitrogen and oxygen atoms in total. The summed E-state index contributed by atoms with van der Waals surface area (Å²) in [5.74, 6) is 0.627. The zero-order valence-corrected chi connectivity index (χ0v) is 17.7. The van der Waals surface area contributed by atoms with E-state index in [1.807, 2.05) is 42.3 Å². The van der Waals surface area contributed by atoms with Crippen molar-refractivity contribution in [3.05, 3.63) is 72.6 Å². The molecule has 4 rings (SSSR count). The van der Waals surface area contributed by atoms with Crippen LogP contribution in [0.1, 0.15) is 23.2 Å². The summed E-state index contributed by atoms with van der Waals surface area (Å²) in [6.45, 7) is 0.787. The lowest BCUT2D eigenvalue weighted by molar-refractivity contribution is 0.102. The average Bonchev–Trinajstić information content (AvgIpc) is 3.18. The molecular weight excluding hydrogens is 414 g/mol. The molecule has 1 N–H and O–H groups in total. The first kappa shape index (κ1) is 20.7. The number of carbonyl (C=O) groups excluding carboxylic acids is 1. The van der Waals surface area contributed by atoms with Gasteiger partial charge >= 0.3 is 0 Å². The van der Waals surface area contributed by atoms with Gasteiger partial charge in [0.1, 0.15) is 5.84 Å². The summed E-state index contributed by atoms with van der Waals surface area (Å²) < 4.78 is 29.3. The molecule has 0 unspecified atom stereocenters. The number of likely N-dealkylation sites (tertiary alicyclic amines) is 1. The lowest BCUT2D eigenvalue weighted by Gasteiger charge is -2.11. The number of amidine groups is 1. The number of hydrogen-bond acceptors (Lipinski definition) is 5. The number of benzene rings is 2. The van der Waals surface area contributed by atoms with Crippen LogP contribution in [0.2, 0.25) is 0 Å². The third kappa shape index (κ3) is 4.77. The summed E-state index contributed by atoms with van der Waals surface area (Å²) in [6, 6.07) is 15.5. The summed E-state index contributed by atoms with van der Waals surface area (Å²) >= 11 is 0. The molecule has 158 valence electrons. The number of carbonyl (C=O) groups is 1. The Morgan fingerprint density at radius 3 is 2.48 bits per heavy atom. The number of anilines is 1. The fraction of sp³-hybridized carbons (Fsp3) is 0.182. The van der Waals surface area contributed by atoms with E-state index in [-0.39, 0.29) is 10.5 Å². The maximum Gasteiger partial charge on any atom is 0.284 e. The number of nitrogens with zero attached hydrogens (tertiary/aromatic N) is 4. The van der Waals surface area contributed by atoms with Crippen molar-refractivity contribution in [2.45, 2.75) is 17.7 Å². The average molecular weight is 436 g/mol. The number of hydrogen-bond donors (Lipinski definition) is 1. The molecule has 0 saturated carbocycles. The van der Waals surface area contributed by atoms with Crippen molar-refractivity contribution in [1.82, 2.24) is 14.9 Å². The SMILES string of the molecule is CN1CCC/C1=N\S(=O)(=O)c1cccc(NC(=O)c2cnc(-c3ccccc3)nc2)c1. The van der Waals surface area contributed by atoms with E-state index in [2.05, 4.69) is 19.7 Å². The summed E-state index contributed by atoms with van der Waals surface area (Å²) in [4.78, 5) is 22.9. The van der Waals surface area contributed by atoms with E-state index in [4.69, 9.17) is 0 Å². The van der Waals surface area contributed by atoms with Crippen LogP contribution >= 0.6 is 0 Å². The molecule has 1 aliphatic rings. The molecule has 1 aliphatic heterocycles. The molecule has 1 amide bonds. The molecular formula is C22H21N5O3S. The van der Waals surface area contributed by atoms with Crippen molar-refractivity contribution in [1.29, 1.82) is 0 Å². The Morgan fingerprint density at radius 2 is 1.81 bits per heavy atom. The van der Waals surface area contributed by atoms with Crippen molar-refractivity contribution < 1.29 is 13.2 Å². The standard InChI is InChI=1S/C22H21N5O3S/c1-27-12-6-11-20(27)26-31(29,30)19-10-5-9-18(13-19)25-22(28)17-14-23-21(24-15-17)16-7-3-2-4-8-16/h2-5,7-10,13-15H,6,11-12H2,1H3,(H,25,28)/b26-20+. The van der Waals surface area contributed by atoms with Crippen LogP contribution in [0.3, 0.4) is 0 Å². The summed E-state index contributed by atoms with van der Waals surface area (Å²) in [6.07, 6.45) is 4.39. The number of amides is 1.